The zero-order valence-electron chi connectivity index (χ0n) is 24.1. The van der Waals surface area contributed by atoms with Gasteiger partial charge in [0, 0.05) is 44.2 Å². The van der Waals surface area contributed by atoms with Crippen molar-refractivity contribution < 1.29 is 14.3 Å². The Morgan fingerprint density at radius 2 is 1.80 bits per heavy atom. The predicted octanol–water partition coefficient (Wildman–Crippen LogP) is 5.85. The van der Waals surface area contributed by atoms with Crippen LogP contribution in [0, 0.1) is 0 Å². The molecule has 2 N–H and O–H groups in total. The minimum atomic E-state index is -0.117. The van der Waals surface area contributed by atoms with Crippen molar-refractivity contribution in [3.05, 3.63) is 66.4 Å². The number of aromatic nitrogens is 3. The molecule has 2 atom stereocenters. The van der Waals surface area contributed by atoms with Crippen LogP contribution in [0.5, 0.6) is 11.5 Å². The number of carbonyl (C=O) groups is 1. The van der Waals surface area contributed by atoms with Crippen molar-refractivity contribution in [2.45, 2.75) is 52.2 Å². The summed E-state index contributed by atoms with van der Waals surface area (Å²) in [5.41, 5.74) is 4.10. The second-order valence-electron chi connectivity index (χ2n) is 11.6. The molecule has 3 heterocycles. The summed E-state index contributed by atoms with van der Waals surface area (Å²) in [4.78, 5) is 23.9. The van der Waals surface area contributed by atoms with Gasteiger partial charge in [-0.1, -0.05) is 32.9 Å². The average molecular weight is 543 g/mol. The van der Waals surface area contributed by atoms with Gasteiger partial charge in [-0.15, -0.1) is 0 Å². The van der Waals surface area contributed by atoms with Gasteiger partial charge in [0.05, 0.1) is 29.8 Å². The van der Waals surface area contributed by atoms with Crippen molar-refractivity contribution in [3.63, 3.8) is 0 Å². The van der Waals surface area contributed by atoms with Crippen molar-refractivity contribution in [2.75, 3.05) is 30.3 Å². The van der Waals surface area contributed by atoms with Crippen LogP contribution in [0.4, 0.5) is 17.5 Å². The van der Waals surface area contributed by atoms with E-state index in [4.69, 9.17) is 14.5 Å². The van der Waals surface area contributed by atoms with Gasteiger partial charge in [0.1, 0.15) is 17.3 Å². The van der Waals surface area contributed by atoms with Gasteiger partial charge < -0.3 is 24.7 Å². The Kier molecular flexibility index (Phi) is 7.78. The van der Waals surface area contributed by atoms with E-state index in [9.17, 15) is 4.79 Å². The number of nitrogens with one attached hydrogen (secondary N) is 2. The van der Waals surface area contributed by atoms with Crippen LogP contribution < -0.4 is 15.4 Å². The third-order valence-electron chi connectivity index (χ3n) is 6.93. The molecular formula is C31H38N6O3. The van der Waals surface area contributed by atoms with Crippen molar-refractivity contribution in [1.29, 1.82) is 0 Å². The Labute approximate surface area is 235 Å². The van der Waals surface area contributed by atoms with Crippen molar-refractivity contribution in [1.82, 2.24) is 19.4 Å². The molecule has 1 saturated heterocycles. The number of nitrogens with zero attached hydrogens (tertiary/aromatic N) is 4. The standard InChI is InChI=1S/C31H38N6O3/c1-20-17-37(18-21(2)39-20)19-29(38)35-28-16-25(12-13-32-28)40-24-10-11-27-26(15-24)34-30(36(27)6)33-23-9-7-8-22(14-23)31(3,4)5/h7-16,20-21H,17-19H2,1-6H3,(H,33,34)(H,32,35,38)/t20-,21+. The Balaban J connectivity index is 1.26. The van der Waals surface area contributed by atoms with E-state index < -0.39 is 0 Å². The highest BCUT2D eigenvalue weighted by Gasteiger charge is 2.24. The van der Waals surface area contributed by atoms with Crippen LogP contribution in [0.15, 0.2) is 60.8 Å². The molecule has 2 aromatic heterocycles. The lowest BCUT2D eigenvalue weighted by molar-refractivity contribution is -0.121. The molecule has 5 rings (SSSR count). The van der Waals surface area contributed by atoms with Gasteiger partial charge in [0.15, 0.2) is 0 Å². The van der Waals surface area contributed by atoms with Gasteiger partial charge in [-0.05, 0) is 55.2 Å². The quantitative estimate of drug-likeness (QED) is 0.303. The van der Waals surface area contributed by atoms with E-state index in [1.54, 1.807) is 18.3 Å². The molecule has 2 aromatic carbocycles. The first-order valence-corrected chi connectivity index (χ1v) is 13.7. The fraction of sp³-hybridized carbons (Fsp3) is 0.387. The Hall–Kier alpha value is -3.95. The smallest absolute Gasteiger partial charge is 0.239 e. The predicted molar refractivity (Wildman–Crippen MR) is 159 cm³/mol. The normalized spacial score (nSPS) is 18.1. The fourth-order valence-electron chi connectivity index (χ4n) is 5.03. The molecule has 0 unspecified atom stereocenters. The molecule has 1 amide bonds. The molecule has 0 radical (unpaired) electrons. The molecule has 0 spiro atoms. The second-order valence-corrected chi connectivity index (χ2v) is 11.6. The number of rotatable bonds is 7. The van der Waals surface area contributed by atoms with Crippen LogP contribution in [0.3, 0.4) is 0 Å². The highest BCUT2D eigenvalue weighted by atomic mass is 16.5. The zero-order valence-corrected chi connectivity index (χ0v) is 24.1. The summed E-state index contributed by atoms with van der Waals surface area (Å²) in [6, 6.07) is 17.7. The van der Waals surface area contributed by atoms with Crippen molar-refractivity contribution in [3.8, 4) is 11.5 Å². The minimum absolute atomic E-state index is 0.0616. The lowest BCUT2D eigenvalue weighted by atomic mass is 9.87. The van der Waals surface area contributed by atoms with Crippen LogP contribution >= 0.6 is 0 Å². The maximum atomic E-state index is 12.7. The van der Waals surface area contributed by atoms with Crippen molar-refractivity contribution in [2.24, 2.45) is 7.05 Å². The molecule has 1 fully saturated rings. The van der Waals surface area contributed by atoms with Gasteiger partial charge in [-0.25, -0.2) is 9.97 Å². The molecule has 4 aromatic rings. The largest absolute Gasteiger partial charge is 0.457 e. The average Bonchev–Trinajstić information content (AvgIpc) is 3.17. The van der Waals surface area contributed by atoms with E-state index in [0.717, 1.165) is 35.8 Å². The fourth-order valence-corrected chi connectivity index (χ4v) is 5.03. The summed E-state index contributed by atoms with van der Waals surface area (Å²) >= 11 is 0. The van der Waals surface area contributed by atoms with E-state index in [-0.39, 0.29) is 30.1 Å². The number of morpholine rings is 1. The second kappa shape index (κ2) is 11.3. The molecule has 40 heavy (non-hydrogen) atoms. The number of imidazole rings is 1. The van der Waals surface area contributed by atoms with Gasteiger partial charge in [-0.2, -0.15) is 0 Å². The minimum Gasteiger partial charge on any atom is -0.457 e. The van der Waals surface area contributed by atoms with E-state index in [1.807, 2.05) is 49.7 Å². The molecule has 1 aliphatic rings. The van der Waals surface area contributed by atoms with Crippen LogP contribution in [0.25, 0.3) is 11.0 Å². The third kappa shape index (κ3) is 6.60. The number of fused-ring (bicyclic) bond motifs is 1. The molecule has 210 valence electrons. The van der Waals surface area contributed by atoms with E-state index in [2.05, 4.69) is 59.5 Å². The van der Waals surface area contributed by atoms with Crippen LogP contribution in [0.2, 0.25) is 0 Å². The highest BCUT2D eigenvalue weighted by Crippen LogP contribution is 2.30. The molecular weight excluding hydrogens is 504 g/mol. The van der Waals surface area contributed by atoms with E-state index >= 15 is 0 Å². The monoisotopic (exact) mass is 542 g/mol. The maximum absolute atomic E-state index is 12.7. The lowest BCUT2D eigenvalue weighted by Gasteiger charge is -2.34. The Bertz CT molecular complexity index is 1500. The summed E-state index contributed by atoms with van der Waals surface area (Å²) < 4.78 is 13.9. The topological polar surface area (TPSA) is 93.5 Å². The first-order valence-electron chi connectivity index (χ1n) is 13.7. The number of benzene rings is 2. The summed E-state index contributed by atoms with van der Waals surface area (Å²) in [7, 11) is 1.99. The number of amides is 1. The zero-order chi connectivity index (χ0) is 28.4. The Morgan fingerprint density at radius 1 is 1.05 bits per heavy atom. The third-order valence-corrected chi connectivity index (χ3v) is 6.93. The first-order chi connectivity index (χ1) is 19.0. The van der Waals surface area contributed by atoms with Crippen LogP contribution in [-0.4, -0.2) is 57.2 Å². The maximum Gasteiger partial charge on any atom is 0.239 e. The molecule has 9 nitrogen and oxygen atoms in total. The summed E-state index contributed by atoms with van der Waals surface area (Å²) in [6.07, 6.45) is 1.83. The molecule has 1 aliphatic heterocycles. The summed E-state index contributed by atoms with van der Waals surface area (Å²) in [5, 5.41) is 6.34. The molecule has 9 heteroatoms. The van der Waals surface area contributed by atoms with Crippen molar-refractivity contribution >= 4 is 34.4 Å². The van der Waals surface area contributed by atoms with Gasteiger partial charge in [0.2, 0.25) is 11.9 Å². The van der Waals surface area contributed by atoms with Crippen LogP contribution in [0.1, 0.15) is 40.2 Å². The van der Waals surface area contributed by atoms with E-state index in [1.165, 1.54) is 5.56 Å². The number of hydrogen-bond donors (Lipinski definition) is 2. The Morgan fingerprint density at radius 3 is 2.55 bits per heavy atom. The van der Waals surface area contributed by atoms with Gasteiger partial charge >= 0.3 is 0 Å². The summed E-state index contributed by atoms with van der Waals surface area (Å²) in [5.74, 6) is 2.29. The van der Waals surface area contributed by atoms with Gasteiger partial charge in [0.25, 0.3) is 0 Å². The number of anilines is 3. The number of carbonyl (C=O) groups excluding carboxylic acids is 1. The molecule has 0 bridgehead atoms. The lowest BCUT2D eigenvalue weighted by Crippen LogP contribution is -2.48. The number of pyridine rings is 1. The summed E-state index contributed by atoms with van der Waals surface area (Å²) in [6.45, 7) is 12.4. The molecule has 0 saturated carbocycles. The van der Waals surface area contributed by atoms with E-state index in [0.29, 0.717) is 17.3 Å². The SMILES string of the molecule is C[C@@H]1CN(CC(=O)Nc2cc(Oc3ccc4c(c3)nc(Nc3cccc(C(C)(C)C)c3)n4C)ccn2)C[C@H](C)O1. The van der Waals surface area contributed by atoms with Gasteiger partial charge in [-0.3, -0.25) is 9.69 Å². The number of aryl methyl sites for hydroxylation is 1. The van der Waals surface area contributed by atoms with Crippen LogP contribution in [-0.2, 0) is 22.0 Å². The number of ether oxygens (including phenoxy) is 2. The highest BCUT2D eigenvalue weighted by molar-refractivity contribution is 5.91. The first kappa shape index (κ1) is 27.6. The number of hydrogen-bond acceptors (Lipinski definition) is 7. The molecule has 0 aliphatic carbocycles.